The molecule has 3 aromatic carbocycles. The zero-order valence-corrected chi connectivity index (χ0v) is 21.0. The summed E-state index contributed by atoms with van der Waals surface area (Å²) >= 11 is 0. The fourth-order valence-electron chi connectivity index (χ4n) is 3.99. The van der Waals surface area contributed by atoms with Crippen LogP contribution in [0.1, 0.15) is 21.5 Å². The molecule has 0 spiro atoms. The SMILES string of the molecule is COc1ccc(/C=C\c2cc(OC)c(OC)c(OC)c2)c(N/C=C\C(=O)c2c[nH]c3ccccc23)c1O. The predicted molar refractivity (Wildman–Crippen MR) is 145 cm³/mol. The van der Waals surface area contributed by atoms with Gasteiger partial charge in [0.05, 0.1) is 34.1 Å². The Bertz CT molecular complexity index is 1460. The van der Waals surface area contributed by atoms with Gasteiger partial charge in [-0.25, -0.2) is 0 Å². The standard InChI is InChI=1S/C29H28N2O6/c1-34-24-12-11-19(10-9-18-15-25(35-2)29(37-4)26(16-18)36-3)27(28(24)33)30-14-13-23(32)21-17-31-22-8-6-5-7-20(21)22/h5-17,30-31,33H,1-4H3/b10-9-,14-13-. The summed E-state index contributed by atoms with van der Waals surface area (Å²) in [6.07, 6.45) is 8.26. The number of nitrogens with one attached hydrogen (secondary N) is 2. The van der Waals surface area contributed by atoms with Crippen LogP contribution in [0.2, 0.25) is 0 Å². The predicted octanol–water partition coefficient (Wildman–Crippen LogP) is 5.89. The first kappa shape index (κ1) is 25.2. The molecule has 3 N–H and O–H groups in total. The highest BCUT2D eigenvalue weighted by molar-refractivity contribution is 6.13. The summed E-state index contributed by atoms with van der Waals surface area (Å²) in [4.78, 5) is 15.9. The van der Waals surface area contributed by atoms with E-state index in [-0.39, 0.29) is 11.5 Å². The zero-order valence-electron chi connectivity index (χ0n) is 21.0. The molecule has 4 aromatic rings. The first-order valence-electron chi connectivity index (χ1n) is 11.4. The molecular weight excluding hydrogens is 472 g/mol. The molecular formula is C29H28N2O6. The van der Waals surface area contributed by atoms with Gasteiger partial charge in [-0.3, -0.25) is 4.79 Å². The molecule has 1 heterocycles. The van der Waals surface area contributed by atoms with Crippen LogP contribution < -0.4 is 24.3 Å². The number of carbonyl (C=O) groups excluding carboxylic acids is 1. The van der Waals surface area contributed by atoms with E-state index in [1.165, 1.54) is 19.4 Å². The number of rotatable bonds is 10. The number of benzene rings is 3. The van der Waals surface area contributed by atoms with Crippen LogP contribution in [0.5, 0.6) is 28.7 Å². The van der Waals surface area contributed by atoms with E-state index in [9.17, 15) is 9.90 Å². The van der Waals surface area contributed by atoms with E-state index in [2.05, 4.69) is 10.3 Å². The van der Waals surface area contributed by atoms with E-state index >= 15 is 0 Å². The normalized spacial score (nSPS) is 11.2. The van der Waals surface area contributed by atoms with Crippen molar-refractivity contribution in [2.24, 2.45) is 0 Å². The molecule has 0 atom stereocenters. The van der Waals surface area contributed by atoms with Crippen LogP contribution in [-0.4, -0.2) is 44.3 Å². The number of phenols is 1. The Morgan fingerprint density at radius 1 is 0.892 bits per heavy atom. The fraction of sp³-hybridized carbons (Fsp3) is 0.138. The molecule has 1 aromatic heterocycles. The molecule has 0 unspecified atom stereocenters. The second-order valence-corrected chi connectivity index (χ2v) is 7.96. The maximum absolute atomic E-state index is 12.8. The highest BCUT2D eigenvalue weighted by Crippen LogP contribution is 2.40. The molecule has 0 aliphatic heterocycles. The quantitative estimate of drug-likeness (QED) is 0.108. The number of allylic oxidation sites excluding steroid dienone is 1. The minimum absolute atomic E-state index is 0.0845. The average Bonchev–Trinajstić information content (AvgIpc) is 3.36. The van der Waals surface area contributed by atoms with Crippen LogP contribution in [-0.2, 0) is 0 Å². The van der Waals surface area contributed by atoms with E-state index in [4.69, 9.17) is 18.9 Å². The first-order chi connectivity index (χ1) is 18.0. The summed E-state index contributed by atoms with van der Waals surface area (Å²) in [5.74, 6) is 1.58. The van der Waals surface area contributed by atoms with Crippen molar-refractivity contribution in [1.82, 2.24) is 4.98 Å². The number of fused-ring (bicyclic) bond motifs is 1. The van der Waals surface area contributed by atoms with Gasteiger partial charge >= 0.3 is 0 Å². The maximum Gasteiger partial charge on any atom is 0.203 e. The average molecular weight is 501 g/mol. The van der Waals surface area contributed by atoms with Gasteiger partial charge in [-0.05, 0) is 35.9 Å². The highest BCUT2D eigenvalue weighted by atomic mass is 16.5. The van der Waals surface area contributed by atoms with Crippen LogP contribution in [0.15, 0.2) is 67.0 Å². The van der Waals surface area contributed by atoms with Crippen LogP contribution in [0, 0.1) is 0 Å². The third-order valence-electron chi connectivity index (χ3n) is 5.85. The molecule has 0 fully saturated rings. The fourth-order valence-corrected chi connectivity index (χ4v) is 3.99. The van der Waals surface area contributed by atoms with Crippen LogP contribution in [0.3, 0.4) is 0 Å². The molecule has 0 saturated carbocycles. The number of methoxy groups -OCH3 is 4. The van der Waals surface area contributed by atoms with Crippen LogP contribution >= 0.6 is 0 Å². The van der Waals surface area contributed by atoms with Crippen molar-refractivity contribution in [2.45, 2.75) is 0 Å². The van der Waals surface area contributed by atoms with E-state index in [1.807, 2.05) is 48.6 Å². The van der Waals surface area contributed by atoms with Crippen molar-refractivity contribution < 1.29 is 28.8 Å². The number of aromatic hydroxyl groups is 1. The maximum atomic E-state index is 12.8. The lowest BCUT2D eigenvalue weighted by Crippen LogP contribution is -1.98. The van der Waals surface area contributed by atoms with E-state index in [1.54, 1.807) is 39.7 Å². The molecule has 0 aliphatic rings. The number of aromatic amines is 1. The third kappa shape index (κ3) is 5.23. The summed E-state index contributed by atoms with van der Waals surface area (Å²) in [5, 5.41) is 14.7. The van der Waals surface area contributed by atoms with E-state index < -0.39 is 0 Å². The van der Waals surface area contributed by atoms with Crippen LogP contribution in [0.4, 0.5) is 5.69 Å². The Morgan fingerprint density at radius 3 is 2.27 bits per heavy atom. The van der Waals surface area contributed by atoms with Crippen molar-refractivity contribution in [1.29, 1.82) is 0 Å². The molecule has 190 valence electrons. The number of H-pyrrole nitrogens is 1. The lowest BCUT2D eigenvalue weighted by Gasteiger charge is -2.13. The molecule has 0 radical (unpaired) electrons. The number of ether oxygens (including phenoxy) is 4. The van der Waals surface area contributed by atoms with Gasteiger partial charge in [0, 0.05) is 40.5 Å². The Balaban J connectivity index is 1.63. The summed E-state index contributed by atoms with van der Waals surface area (Å²) in [5.41, 5.74) is 3.28. The van der Waals surface area contributed by atoms with Crippen molar-refractivity contribution in [2.75, 3.05) is 33.8 Å². The molecule has 8 heteroatoms. The molecule has 0 saturated heterocycles. The summed E-state index contributed by atoms with van der Waals surface area (Å²) in [6.45, 7) is 0. The lowest BCUT2D eigenvalue weighted by molar-refractivity contribution is 0.104. The molecule has 0 aliphatic carbocycles. The molecule has 37 heavy (non-hydrogen) atoms. The van der Waals surface area contributed by atoms with Crippen molar-refractivity contribution in [3.63, 3.8) is 0 Å². The Kier molecular flexibility index (Phi) is 7.68. The van der Waals surface area contributed by atoms with Gasteiger partial charge in [0.1, 0.15) is 0 Å². The number of para-hydroxylation sites is 1. The van der Waals surface area contributed by atoms with Gasteiger partial charge in [-0.2, -0.15) is 0 Å². The van der Waals surface area contributed by atoms with Gasteiger partial charge in [0.15, 0.2) is 28.8 Å². The molecule has 0 amide bonds. The largest absolute Gasteiger partial charge is 0.503 e. The summed E-state index contributed by atoms with van der Waals surface area (Å²) in [6, 6.07) is 14.7. The van der Waals surface area contributed by atoms with Crippen molar-refractivity contribution in [3.05, 3.63) is 83.7 Å². The lowest BCUT2D eigenvalue weighted by atomic mass is 10.1. The van der Waals surface area contributed by atoms with Gasteiger partial charge in [0.25, 0.3) is 0 Å². The van der Waals surface area contributed by atoms with E-state index in [0.717, 1.165) is 16.5 Å². The van der Waals surface area contributed by atoms with Gasteiger partial charge in [-0.15, -0.1) is 0 Å². The van der Waals surface area contributed by atoms with E-state index in [0.29, 0.717) is 39.8 Å². The number of hydrogen-bond donors (Lipinski definition) is 3. The summed E-state index contributed by atoms with van der Waals surface area (Å²) in [7, 11) is 6.13. The second-order valence-electron chi connectivity index (χ2n) is 7.96. The van der Waals surface area contributed by atoms with Gasteiger partial charge < -0.3 is 34.4 Å². The Morgan fingerprint density at radius 2 is 1.59 bits per heavy atom. The smallest absolute Gasteiger partial charge is 0.203 e. The van der Waals surface area contributed by atoms with Gasteiger partial charge in [-0.1, -0.05) is 30.4 Å². The number of phenolic OH excluding ortho intramolecular Hbond substituents is 1. The van der Waals surface area contributed by atoms with Gasteiger partial charge in [0.2, 0.25) is 5.75 Å². The molecule has 8 nitrogen and oxygen atoms in total. The zero-order chi connectivity index (χ0) is 26.4. The first-order valence-corrected chi connectivity index (χ1v) is 11.4. The number of anilines is 1. The third-order valence-corrected chi connectivity index (χ3v) is 5.85. The number of carbonyl (C=O) groups is 1. The number of ketones is 1. The van der Waals surface area contributed by atoms with Crippen molar-refractivity contribution in [3.8, 4) is 28.7 Å². The molecule has 0 bridgehead atoms. The number of aromatic nitrogens is 1. The molecule has 4 rings (SSSR count). The Labute approximate surface area is 214 Å². The second kappa shape index (κ2) is 11.3. The van der Waals surface area contributed by atoms with Crippen LogP contribution in [0.25, 0.3) is 23.1 Å². The monoisotopic (exact) mass is 500 g/mol. The summed E-state index contributed by atoms with van der Waals surface area (Å²) < 4.78 is 21.5. The minimum atomic E-state index is -0.179. The Hall–Kier alpha value is -4.85. The minimum Gasteiger partial charge on any atom is -0.503 e. The highest BCUT2D eigenvalue weighted by Gasteiger charge is 2.14. The van der Waals surface area contributed by atoms with Crippen molar-refractivity contribution >= 4 is 34.5 Å². The number of hydrogen-bond acceptors (Lipinski definition) is 7. The topological polar surface area (TPSA) is 102 Å².